The van der Waals surface area contributed by atoms with Gasteiger partial charge in [0.2, 0.25) is 0 Å². The van der Waals surface area contributed by atoms with Crippen LogP contribution in [0, 0.1) is 5.82 Å². The van der Waals surface area contributed by atoms with Gasteiger partial charge in [0.25, 0.3) is 0 Å². The summed E-state index contributed by atoms with van der Waals surface area (Å²) in [6.07, 6.45) is 6.42. The molecule has 4 heteroatoms. The smallest absolute Gasteiger partial charge is 0.162 e. The molecule has 114 valence electrons. The molecule has 2 aliphatic rings. The molecule has 21 heavy (non-hydrogen) atoms. The second-order valence-corrected chi connectivity index (χ2v) is 6.17. The van der Waals surface area contributed by atoms with E-state index in [0.717, 1.165) is 25.7 Å². The Balaban J connectivity index is 1.68. The van der Waals surface area contributed by atoms with Crippen molar-refractivity contribution in [3.8, 4) is 5.75 Å². The molecule has 0 N–H and O–H groups in total. The van der Waals surface area contributed by atoms with Crippen molar-refractivity contribution in [2.75, 3.05) is 6.61 Å². The van der Waals surface area contributed by atoms with Crippen LogP contribution in [0.4, 0.5) is 4.39 Å². The Kier molecular flexibility index (Phi) is 3.98. The van der Waals surface area contributed by atoms with Crippen molar-refractivity contribution in [3.05, 3.63) is 29.6 Å². The number of hydrogen-bond acceptors (Lipinski definition) is 3. The number of ether oxygens (including phenoxy) is 2. The lowest BCUT2D eigenvalue weighted by Gasteiger charge is -2.38. The SMILES string of the molecule is CC(=O)c1ccc(OC2CCOC3(CCCC3)C2)cc1F. The largest absolute Gasteiger partial charge is 0.490 e. The maximum absolute atomic E-state index is 13.8. The predicted molar refractivity (Wildman–Crippen MR) is 77.2 cm³/mol. The van der Waals surface area contributed by atoms with E-state index < -0.39 is 5.82 Å². The van der Waals surface area contributed by atoms with Gasteiger partial charge in [-0.2, -0.15) is 0 Å². The van der Waals surface area contributed by atoms with Crippen LogP contribution < -0.4 is 4.74 Å². The summed E-state index contributed by atoms with van der Waals surface area (Å²) in [7, 11) is 0. The second-order valence-electron chi connectivity index (χ2n) is 6.17. The van der Waals surface area contributed by atoms with Crippen molar-refractivity contribution < 1.29 is 18.7 Å². The Labute approximate surface area is 124 Å². The molecular formula is C17H21FO3. The second kappa shape index (κ2) is 5.76. The molecule has 1 saturated carbocycles. The molecule has 1 aromatic rings. The molecule has 0 radical (unpaired) electrons. The average Bonchev–Trinajstić information content (AvgIpc) is 2.86. The minimum atomic E-state index is -0.511. The van der Waals surface area contributed by atoms with Gasteiger partial charge in [-0.25, -0.2) is 4.39 Å². The Hall–Kier alpha value is -1.42. The van der Waals surface area contributed by atoms with Crippen LogP contribution >= 0.6 is 0 Å². The highest BCUT2D eigenvalue weighted by Crippen LogP contribution is 2.40. The number of carbonyl (C=O) groups excluding carboxylic acids is 1. The number of Topliss-reactive ketones (excluding diaryl/α,β-unsaturated/α-hetero) is 1. The lowest BCUT2D eigenvalue weighted by molar-refractivity contribution is -0.108. The van der Waals surface area contributed by atoms with E-state index in [2.05, 4.69) is 0 Å². The number of carbonyl (C=O) groups is 1. The van der Waals surface area contributed by atoms with Gasteiger partial charge in [-0.15, -0.1) is 0 Å². The van der Waals surface area contributed by atoms with Crippen molar-refractivity contribution in [2.24, 2.45) is 0 Å². The number of hydrogen-bond donors (Lipinski definition) is 0. The number of benzene rings is 1. The van der Waals surface area contributed by atoms with E-state index in [0.29, 0.717) is 12.4 Å². The van der Waals surface area contributed by atoms with E-state index in [-0.39, 0.29) is 23.1 Å². The van der Waals surface area contributed by atoms with Gasteiger partial charge in [0.15, 0.2) is 5.78 Å². The molecule has 0 amide bonds. The summed E-state index contributed by atoms with van der Waals surface area (Å²) in [4.78, 5) is 11.2. The highest BCUT2D eigenvalue weighted by Gasteiger charge is 2.40. The summed E-state index contributed by atoms with van der Waals surface area (Å²) in [6, 6.07) is 4.49. The summed E-state index contributed by atoms with van der Waals surface area (Å²) in [5.41, 5.74) is 0.0995. The third kappa shape index (κ3) is 3.10. The molecular weight excluding hydrogens is 271 g/mol. The molecule has 3 rings (SSSR count). The van der Waals surface area contributed by atoms with Gasteiger partial charge >= 0.3 is 0 Å². The maximum Gasteiger partial charge on any atom is 0.162 e. The van der Waals surface area contributed by atoms with Crippen molar-refractivity contribution in [1.82, 2.24) is 0 Å². The van der Waals surface area contributed by atoms with Crippen LogP contribution in [0.25, 0.3) is 0 Å². The van der Waals surface area contributed by atoms with Crippen LogP contribution in [0.3, 0.4) is 0 Å². The molecule has 1 spiro atoms. The van der Waals surface area contributed by atoms with Crippen LogP contribution in [0.15, 0.2) is 18.2 Å². The van der Waals surface area contributed by atoms with Gasteiger partial charge in [0, 0.05) is 18.9 Å². The lowest BCUT2D eigenvalue weighted by atomic mass is 9.90. The normalized spacial score (nSPS) is 24.2. The van der Waals surface area contributed by atoms with Crippen molar-refractivity contribution in [3.63, 3.8) is 0 Å². The first-order valence-electron chi connectivity index (χ1n) is 7.69. The highest BCUT2D eigenvalue weighted by molar-refractivity contribution is 5.94. The Morgan fingerprint density at radius 3 is 2.81 bits per heavy atom. The van der Waals surface area contributed by atoms with Gasteiger partial charge in [-0.3, -0.25) is 4.79 Å². The fourth-order valence-corrected chi connectivity index (χ4v) is 3.50. The van der Waals surface area contributed by atoms with Gasteiger partial charge in [0.1, 0.15) is 17.7 Å². The Morgan fingerprint density at radius 2 is 2.14 bits per heavy atom. The zero-order chi connectivity index (χ0) is 14.9. The minimum Gasteiger partial charge on any atom is -0.490 e. The summed E-state index contributed by atoms with van der Waals surface area (Å²) in [6.45, 7) is 2.07. The Bertz CT molecular complexity index is 535. The van der Waals surface area contributed by atoms with Crippen LogP contribution in [0.2, 0.25) is 0 Å². The third-order valence-corrected chi connectivity index (χ3v) is 4.59. The summed E-state index contributed by atoms with van der Waals surface area (Å²) >= 11 is 0. The van der Waals surface area contributed by atoms with Gasteiger partial charge < -0.3 is 9.47 Å². The zero-order valence-electron chi connectivity index (χ0n) is 12.4. The molecule has 1 atom stereocenters. The van der Waals surface area contributed by atoms with Crippen LogP contribution in [0.5, 0.6) is 5.75 Å². The summed E-state index contributed by atoms with van der Waals surface area (Å²) < 4.78 is 25.7. The molecule has 1 aliphatic heterocycles. The first-order valence-corrected chi connectivity index (χ1v) is 7.69. The van der Waals surface area contributed by atoms with Gasteiger partial charge in [-0.05, 0) is 31.9 Å². The third-order valence-electron chi connectivity index (χ3n) is 4.59. The first-order chi connectivity index (χ1) is 10.1. The van der Waals surface area contributed by atoms with Crippen LogP contribution in [-0.4, -0.2) is 24.1 Å². The van der Waals surface area contributed by atoms with E-state index >= 15 is 0 Å². The molecule has 1 saturated heterocycles. The van der Waals surface area contributed by atoms with E-state index in [1.54, 1.807) is 6.07 Å². The van der Waals surface area contributed by atoms with Gasteiger partial charge in [-0.1, -0.05) is 12.8 Å². The van der Waals surface area contributed by atoms with Crippen molar-refractivity contribution in [2.45, 2.75) is 57.2 Å². The van der Waals surface area contributed by atoms with Crippen molar-refractivity contribution >= 4 is 5.78 Å². The van der Waals surface area contributed by atoms with Crippen LogP contribution in [-0.2, 0) is 4.74 Å². The number of halogens is 1. The highest BCUT2D eigenvalue weighted by atomic mass is 19.1. The van der Waals surface area contributed by atoms with E-state index in [1.165, 1.54) is 31.9 Å². The minimum absolute atomic E-state index is 0.0131. The zero-order valence-corrected chi connectivity index (χ0v) is 12.4. The fourth-order valence-electron chi connectivity index (χ4n) is 3.50. The van der Waals surface area contributed by atoms with E-state index in [9.17, 15) is 9.18 Å². The van der Waals surface area contributed by atoms with E-state index in [4.69, 9.17) is 9.47 Å². The maximum atomic E-state index is 13.8. The molecule has 1 aliphatic carbocycles. The molecule has 1 unspecified atom stereocenters. The quantitative estimate of drug-likeness (QED) is 0.793. The molecule has 2 fully saturated rings. The van der Waals surface area contributed by atoms with Crippen molar-refractivity contribution in [1.29, 1.82) is 0 Å². The molecule has 1 aromatic carbocycles. The summed E-state index contributed by atoms with van der Waals surface area (Å²) in [5, 5.41) is 0. The topological polar surface area (TPSA) is 35.5 Å². The fraction of sp³-hybridized carbons (Fsp3) is 0.588. The monoisotopic (exact) mass is 292 g/mol. The van der Waals surface area contributed by atoms with Crippen LogP contribution in [0.1, 0.15) is 55.8 Å². The molecule has 3 nitrogen and oxygen atoms in total. The van der Waals surface area contributed by atoms with Gasteiger partial charge in [0.05, 0.1) is 17.8 Å². The first kappa shape index (κ1) is 14.5. The lowest BCUT2D eigenvalue weighted by Crippen LogP contribution is -2.41. The standard InChI is InChI=1S/C17H21FO3/c1-12(19)15-5-4-13(10-16(15)18)21-14-6-9-20-17(11-14)7-2-3-8-17/h4-5,10,14H,2-3,6-9,11H2,1H3. The molecule has 1 heterocycles. The number of ketones is 1. The van der Waals surface area contributed by atoms with E-state index in [1.807, 2.05) is 0 Å². The summed E-state index contributed by atoms with van der Waals surface area (Å²) in [5.74, 6) is -0.282. The molecule has 0 bridgehead atoms. The average molecular weight is 292 g/mol. The molecule has 0 aromatic heterocycles. The number of rotatable bonds is 3. The predicted octanol–water partition coefficient (Wildman–Crippen LogP) is 3.90. The Morgan fingerprint density at radius 1 is 1.38 bits per heavy atom.